The number of carbonyl (C=O) groups excluding carboxylic acids is 1. The molecule has 4 heteroatoms. The Hall–Kier alpha value is -0.870. The molecule has 3 nitrogen and oxygen atoms in total. The third kappa shape index (κ3) is 2.82. The molecule has 0 aliphatic heterocycles. The average molecular weight is 213 g/mol. The summed E-state index contributed by atoms with van der Waals surface area (Å²) in [6, 6.07) is 1.61. The molecule has 2 N–H and O–H groups in total. The summed E-state index contributed by atoms with van der Waals surface area (Å²) in [5.74, 6) is 0.126. The van der Waals surface area contributed by atoms with Gasteiger partial charge in [-0.15, -0.1) is 0 Å². The highest BCUT2D eigenvalue weighted by Gasteiger charge is 2.15. The Labute approximate surface area is 87.8 Å². The molecule has 0 radical (unpaired) electrons. The zero-order valence-electron chi connectivity index (χ0n) is 8.36. The van der Waals surface area contributed by atoms with Crippen molar-refractivity contribution >= 4 is 17.2 Å². The quantitative estimate of drug-likeness (QED) is 0.796. The van der Waals surface area contributed by atoms with Crippen molar-refractivity contribution in [2.75, 3.05) is 6.61 Å². The summed E-state index contributed by atoms with van der Waals surface area (Å²) in [5, 5.41) is 15.5. The van der Waals surface area contributed by atoms with Gasteiger partial charge in [0.15, 0.2) is 0 Å². The number of aliphatic hydroxyl groups excluding tert-OH is 1. The van der Waals surface area contributed by atoms with Crippen LogP contribution >= 0.6 is 11.3 Å². The first-order valence-electron chi connectivity index (χ1n) is 4.59. The lowest BCUT2D eigenvalue weighted by Gasteiger charge is -2.19. The van der Waals surface area contributed by atoms with Crippen molar-refractivity contribution in [2.45, 2.75) is 19.9 Å². The number of hydrogen-bond donors (Lipinski definition) is 2. The zero-order valence-corrected chi connectivity index (χ0v) is 9.17. The van der Waals surface area contributed by atoms with Gasteiger partial charge in [-0.2, -0.15) is 11.3 Å². The van der Waals surface area contributed by atoms with Gasteiger partial charge in [-0.05, 0) is 17.4 Å². The maximum absolute atomic E-state index is 11.6. The maximum atomic E-state index is 11.6. The smallest absolute Gasteiger partial charge is 0.252 e. The Morgan fingerprint density at radius 2 is 2.36 bits per heavy atom. The van der Waals surface area contributed by atoms with Crippen LogP contribution in [0.15, 0.2) is 16.8 Å². The molecule has 0 saturated carbocycles. The van der Waals surface area contributed by atoms with Crippen molar-refractivity contribution < 1.29 is 9.90 Å². The fraction of sp³-hybridized carbons (Fsp3) is 0.500. The molecule has 1 amide bonds. The summed E-state index contributed by atoms with van der Waals surface area (Å²) >= 11 is 1.49. The summed E-state index contributed by atoms with van der Waals surface area (Å²) in [7, 11) is 0. The van der Waals surface area contributed by atoms with Crippen molar-refractivity contribution in [3.8, 4) is 0 Å². The number of aliphatic hydroxyl groups is 1. The Morgan fingerprint density at radius 1 is 1.64 bits per heavy atom. The van der Waals surface area contributed by atoms with E-state index in [1.165, 1.54) is 11.3 Å². The fourth-order valence-electron chi connectivity index (χ4n) is 1.07. The normalized spacial score (nSPS) is 12.9. The van der Waals surface area contributed by atoms with Crippen molar-refractivity contribution in [2.24, 2.45) is 5.92 Å². The van der Waals surface area contributed by atoms with Gasteiger partial charge < -0.3 is 10.4 Å². The lowest BCUT2D eigenvalue weighted by Crippen LogP contribution is -2.40. The van der Waals surface area contributed by atoms with Gasteiger partial charge in [-0.25, -0.2) is 0 Å². The second-order valence-electron chi connectivity index (χ2n) is 3.52. The Bertz CT molecular complexity index is 282. The molecular weight excluding hydrogens is 198 g/mol. The van der Waals surface area contributed by atoms with Crippen LogP contribution in [0.4, 0.5) is 0 Å². The molecule has 0 aliphatic carbocycles. The van der Waals surface area contributed by atoms with E-state index in [-0.39, 0.29) is 24.5 Å². The number of carbonyl (C=O) groups is 1. The lowest BCUT2D eigenvalue weighted by molar-refractivity contribution is 0.0897. The van der Waals surface area contributed by atoms with E-state index in [4.69, 9.17) is 5.11 Å². The largest absolute Gasteiger partial charge is 0.394 e. The average Bonchev–Trinajstić information content (AvgIpc) is 2.65. The standard InChI is InChI=1S/C10H15NO2S/c1-7(2)9(5-12)11-10(13)8-3-4-14-6-8/h3-4,6-7,9,12H,5H2,1-2H3,(H,11,13)/t9-/m1/s1. The minimum Gasteiger partial charge on any atom is -0.394 e. The fourth-order valence-corrected chi connectivity index (χ4v) is 1.70. The van der Waals surface area contributed by atoms with Gasteiger partial charge in [0, 0.05) is 10.9 Å². The van der Waals surface area contributed by atoms with Crippen LogP contribution < -0.4 is 5.32 Å². The molecule has 0 bridgehead atoms. The van der Waals surface area contributed by atoms with Crippen LogP contribution in [0.5, 0.6) is 0 Å². The molecule has 0 unspecified atom stereocenters. The van der Waals surface area contributed by atoms with Gasteiger partial charge in [0.25, 0.3) is 5.91 Å². The highest BCUT2D eigenvalue weighted by Crippen LogP contribution is 2.07. The SMILES string of the molecule is CC(C)[C@@H](CO)NC(=O)c1ccsc1. The zero-order chi connectivity index (χ0) is 10.6. The van der Waals surface area contributed by atoms with Crippen molar-refractivity contribution in [3.63, 3.8) is 0 Å². The third-order valence-corrected chi connectivity index (χ3v) is 2.78. The van der Waals surface area contributed by atoms with Crippen LogP contribution in [-0.4, -0.2) is 23.7 Å². The van der Waals surface area contributed by atoms with Crippen LogP contribution in [0, 0.1) is 5.92 Å². The second-order valence-corrected chi connectivity index (χ2v) is 4.30. The minimum absolute atomic E-state index is 0.0203. The molecule has 14 heavy (non-hydrogen) atoms. The Balaban J connectivity index is 2.56. The lowest BCUT2D eigenvalue weighted by atomic mass is 10.1. The number of amides is 1. The van der Waals surface area contributed by atoms with E-state index in [0.717, 1.165) is 0 Å². The van der Waals surface area contributed by atoms with Crippen LogP contribution in [0.3, 0.4) is 0 Å². The Morgan fingerprint density at radius 3 is 2.79 bits per heavy atom. The first-order chi connectivity index (χ1) is 6.65. The van der Waals surface area contributed by atoms with Gasteiger partial charge in [0.1, 0.15) is 0 Å². The molecule has 1 aromatic rings. The molecule has 0 spiro atoms. The number of nitrogens with one attached hydrogen (secondary N) is 1. The summed E-state index contributed by atoms with van der Waals surface area (Å²) in [6.45, 7) is 3.91. The number of hydrogen-bond acceptors (Lipinski definition) is 3. The van der Waals surface area contributed by atoms with E-state index < -0.39 is 0 Å². The van der Waals surface area contributed by atoms with Gasteiger partial charge in [0.2, 0.25) is 0 Å². The molecule has 0 aliphatic rings. The summed E-state index contributed by atoms with van der Waals surface area (Å²) in [4.78, 5) is 11.6. The molecular formula is C10H15NO2S. The highest BCUT2D eigenvalue weighted by molar-refractivity contribution is 7.08. The third-order valence-electron chi connectivity index (χ3n) is 2.10. The van der Waals surface area contributed by atoms with E-state index in [1.807, 2.05) is 19.2 Å². The second kappa shape index (κ2) is 5.12. The van der Waals surface area contributed by atoms with E-state index >= 15 is 0 Å². The number of rotatable bonds is 4. The summed E-state index contributed by atoms with van der Waals surface area (Å²) in [6.07, 6.45) is 0. The van der Waals surface area contributed by atoms with Crippen LogP contribution in [-0.2, 0) is 0 Å². The van der Waals surface area contributed by atoms with Gasteiger partial charge in [0.05, 0.1) is 12.6 Å². The summed E-state index contributed by atoms with van der Waals surface area (Å²) in [5.41, 5.74) is 0.661. The molecule has 1 heterocycles. The molecule has 1 aromatic heterocycles. The highest BCUT2D eigenvalue weighted by atomic mass is 32.1. The molecule has 1 atom stereocenters. The van der Waals surface area contributed by atoms with Gasteiger partial charge in [-0.3, -0.25) is 4.79 Å². The van der Waals surface area contributed by atoms with E-state index in [1.54, 1.807) is 11.4 Å². The molecule has 78 valence electrons. The predicted molar refractivity (Wildman–Crippen MR) is 57.5 cm³/mol. The monoisotopic (exact) mass is 213 g/mol. The number of thiophene rings is 1. The maximum Gasteiger partial charge on any atom is 0.252 e. The van der Waals surface area contributed by atoms with Crippen molar-refractivity contribution in [3.05, 3.63) is 22.4 Å². The molecule has 1 rings (SSSR count). The van der Waals surface area contributed by atoms with E-state index in [2.05, 4.69) is 5.32 Å². The van der Waals surface area contributed by atoms with Crippen LogP contribution in [0.25, 0.3) is 0 Å². The molecule has 0 saturated heterocycles. The van der Waals surface area contributed by atoms with E-state index in [0.29, 0.717) is 5.56 Å². The summed E-state index contributed by atoms with van der Waals surface area (Å²) < 4.78 is 0. The van der Waals surface area contributed by atoms with E-state index in [9.17, 15) is 4.79 Å². The Kier molecular flexibility index (Phi) is 4.10. The predicted octanol–water partition coefficient (Wildman–Crippen LogP) is 1.49. The molecule has 0 fully saturated rings. The van der Waals surface area contributed by atoms with Crippen molar-refractivity contribution in [1.29, 1.82) is 0 Å². The van der Waals surface area contributed by atoms with Crippen LogP contribution in [0.1, 0.15) is 24.2 Å². The first-order valence-corrected chi connectivity index (χ1v) is 5.53. The van der Waals surface area contributed by atoms with Gasteiger partial charge in [-0.1, -0.05) is 13.8 Å². The molecule has 0 aromatic carbocycles. The topological polar surface area (TPSA) is 49.3 Å². The van der Waals surface area contributed by atoms with Crippen molar-refractivity contribution in [1.82, 2.24) is 5.32 Å². The van der Waals surface area contributed by atoms with Gasteiger partial charge >= 0.3 is 0 Å². The minimum atomic E-state index is -0.164. The van der Waals surface area contributed by atoms with Crippen LogP contribution in [0.2, 0.25) is 0 Å². The first kappa shape index (κ1) is 11.2.